The van der Waals surface area contributed by atoms with Gasteiger partial charge in [0.05, 0.1) is 18.0 Å². The van der Waals surface area contributed by atoms with Crippen LogP contribution in [0, 0.1) is 5.41 Å². The molecule has 1 aliphatic rings. The Hall–Kier alpha value is -2.65. The van der Waals surface area contributed by atoms with E-state index in [9.17, 15) is 20.4 Å². The first kappa shape index (κ1) is 23.5. The van der Waals surface area contributed by atoms with Crippen LogP contribution in [0.2, 0.25) is 5.02 Å². The van der Waals surface area contributed by atoms with Crippen LogP contribution in [-0.2, 0) is 11.2 Å². The lowest BCUT2D eigenvalue weighted by Gasteiger charge is -2.40. The summed E-state index contributed by atoms with van der Waals surface area (Å²) >= 11 is 6.42. The summed E-state index contributed by atoms with van der Waals surface area (Å²) in [5.74, 6) is 0. The fraction of sp³-hybridized carbons (Fsp3) is 0.280. The molecule has 3 aromatic rings. The number of benzene rings is 2. The van der Waals surface area contributed by atoms with Crippen LogP contribution in [0.5, 0.6) is 0 Å². The normalized spacial score (nSPS) is 25.1. The quantitative estimate of drug-likeness (QED) is 0.353. The van der Waals surface area contributed by atoms with Crippen molar-refractivity contribution in [1.29, 1.82) is 5.41 Å². The van der Waals surface area contributed by atoms with Gasteiger partial charge < -0.3 is 25.2 Å². The van der Waals surface area contributed by atoms with Gasteiger partial charge in [-0.25, -0.2) is 0 Å². The molecule has 1 aliphatic heterocycles. The van der Waals surface area contributed by atoms with E-state index < -0.39 is 37.1 Å². The monoisotopic (exact) mass is 468 g/mol. The van der Waals surface area contributed by atoms with Gasteiger partial charge in [0.2, 0.25) is 0 Å². The van der Waals surface area contributed by atoms with Gasteiger partial charge >= 0.3 is 0 Å². The van der Waals surface area contributed by atoms with Gasteiger partial charge in [-0.15, -0.1) is 0 Å². The zero-order chi connectivity index (χ0) is 23.5. The standard InChI is InChI=1S/C25H25ClN2O5/c26-18-9-8-16(25-24(32)23(31)22(30)20(13-29)33-25)12-17(18)11-14-4-6-15(7-5-14)21(27)19-3-1-2-10-28-19/h1-10,12,20,22-25,27,29-32H,11,13H2/t20-,22-,23+,24-,25+/m1/s1. The predicted octanol–water partition coefficient (Wildman–Crippen LogP) is 2.26. The first-order valence-electron chi connectivity index (χ1n) is 10.6. The number of rotatable bonds is 6. The molecule has 0 amide bonds. The third kappa shape index (κ3) is 4.99. The average Bonchev–Trinajstić information content (AvgIpc) is 2.85. The summed E-state index contributed by atoms with van der Waals surface area (Å²) < 4.78 is 5.66. The summed E-state index contributed by atoms with van der Waals surface area (Å²) in [6.07, 6.45) is -3.94. The molecular weight excluding hydrogens is 444 g/mol. The van der Waals surface area contributed by atoms with Crippen LogP contribution in [0.1, 0.15) is 34.1 Å². The van der Waals surface area contributed by atoms with E-state index in [0.717, 1.165) is 16.7 Å². The van der Waals surface area contributed by atoms with Gasteiger partial charge in [0.25, 0.3) is 0 Å². The van der Waals surface area contributed by atoms with Crippen molar-refractivity contribution >= 4 is 17.3 Å². The first-order chi connectivity index (χ1) is 15.9. The van der Waals surface area contributed by atoms with Crippen LogP contribution in [-0.4, -0.2) is 62.1 Å². The lowest BCUT2D eigenvalue weighted by atomic mass is 9.90. The Morgan fingerprint density at radius 2 is 1.73 bits per heavy atom. The molecule has 0 saturated carbocycles. The molecule has 2 aromatic carbocycles. The number of ether oxygens (including phenoxy) is 1. The van der Waals surface area contributed by atoms with E-state index in [4.69, 9.17) is 21.7 Å². The number of aromatic nitrogens is 1. The predicted molar refractivity (Wildman–Crippen MR) is 124 cm³/mol. The second kappa shape index (κ2) is 10.1. The minimum atomic E-state index is -1.44. The van der Waals surface area contributed by atoms with E-state index in [1.807, 2.05) is 36.4 Å². The molecule has 0 spiro atoms. The smallest absolute Gasteiger partial charge is 0.113 e. The van der Waals surface area contributed by atoms with Crippen LogP contribution >= 0.6 is 11.6 Å². The summed E-state index contributed by atoms with van der Waals surface area (Å²) in [5.41, 5.74) is 4.03. The van der Waals surface area contributed by atoms with Crippen molar-refractivity contribution < 1.29 is 25.2 Å². The molecule has 5 N–H and O–H groups in total. The van der Waals surface area contributed by atoms with E-state index in [-0.39, 0.29) is 0 Å². The summed E-state index contributed by atoms with van der Waals surface area (Å²) in [7, 11) is 0. The molecule has 0 unspecified atom stereocenters. The van der Waals surface area contributed by atoms with Gasteiger partial charge in [0, 0.05) is 16.8 Å². The van der Waals surface area contributed by atoms with Crippen molar-refractivity contribution in [3.05, 3.63) is 99.8 Å². The second-order valence-electron chi connectivity index (χ2n) is 8.06. The van der Waals surface area contributed by atoms with Crippen LogP contribution in [0.15, 0.2) is 66.9 Å². The third-order valence-corrected chi connectivity index (χ3v) is 6.22. The van der Waals surface area contributed by atoms with Crippen LogP contribution in [0.4, 0.5) is 0 Å². The molecule has 1 aromatic heterocycles. The maximum Gasteiger partial charge on any atom is 0.113 e. The SMILES string of the molecule is N=C(c1ccc(Cc2cc([C@@H]3O[C@H](CO)[C@@H](O)[C@H](O)[C@H]3O)ccc2Cl)cc1)c1ccccn1. The molecule has 4 rings (SSSR count). The Balaban J connectivity index is 1.53. The van der Waals surface area contributed by atoms with Gasteiger partial charge in [-0.1, -0.05) is 54.1 Å². The van der Waals surface area contributed by atoms with E-state index in [1.165, 1.54) is 0 Å². The minimum absolute atomic E-state index is 0.338. The highest BCUT2D eigenvalue weighted by atomic mass is 35.5. The van der Waals surface area contributed by atoms with E-state index >= 15 is 0 Å². The minimum Gasteiger partial charge on any atom is -0.394 e. The van der Waals surface area contributed by atoms with Crippen LogP contribution < -0.4 is 0 Å². The Morgan fingerprint density at radius 3 is 2.39 bits per heavy atom. The zero-order valence-corrected chi connectivity index (χ0v) is 18.4. The van der Waals surface area contributed by atoms with Crippen molar-refractivity contribution in [2.45, 2.75) is 36.9 Å². The second-order valence-corrected chi connectivity index (χ2v) is 8.47. The first-order valence-corrected chi connectivity index (χ1v) is 10.9. The fourth-order valence-electron chi connectivity index (χ4n) is 3.95. The summed E-state index contributed by atoms with van der Waals surface area (Å²) in [4.78, 5) is 4.22. The molecule has 0 aliphatic carbocycles. The molecule has 172 valence electrons. The van der Waals surface area contributed by atoms with Crippen LogP contribution in [0.25, 0.3) is 0 Å². The number of hydrogen-bond acceptors (Lipinski definition) is 7. The van der Waals surface area contributed by atoms with Gasteiger partial charge in [0.15, 0.2) is 0 Å². The molecular formula is C25H25ClN2O5. The Bertz CT molecular complexity index is 1110. The van der Waals surface area contributed by atoms with Crippen molar-refractivity contribution in [3.63, 3.8) is 0 Å². The molecule has 0 bridgehead atoms. The molecule has 5 atom stereocenters. The zero-order valence-electron chi connectivity index (χ0n) is 17.7. The topological polar surface area (TPSA) is 127 Å². The molecule has 0 radical (unpaired) electrons. The molecule has 1 saturated heterocycles. The van der Waals surface area contributed by atoms with Crippen molar-refractivity contribution in [2.75, 3.05) is 6.61 Å². The van der Waals surface area contributed by atoms with E-state index in [1.54, 1.807) is 30.5 Å². The third-order valence-electron chi connectivity index (χ3n) is 5.85. The maximum atomic E-state index is 10.4. The van der Waals surface area contributed by atoms with E-state index in [0.29, 0.717) is 28.4 Å². The van der Waals surface area contributed by atoms with Gasteiger partial charge in [-0.2, -0.15) is 0 Å². The van der Waals surface area contributed by atoms with Gasteiger partial charge in [-0.05, 0) is 41.3 Å². The summed E-state index contributed by atoms with van der Waals surface area (Å²) in [6.45, 7) is -0.484. The maximum absolute atomic E-state index is 10.4. The molecule has 33 heavy (non-hydrogen) atoms. The summed E-state index contributed by atoms with van der Waals surface area (Å²) in [5, 5.41) is 48.9. The van der Waals surface area contributed by atoms with Crippen molar-refractivity contribution in [2.24, 2.45) is 0 Å². The molecule has 8 heteroatoms. The number of nitrogens with one attached hydrogen (secondary N) is 1. The Kier molecular flexibility index (Phi) is 7.19. The van der Waals surface area contributed by atoms with Crippen molar-refractivity contribution in [1.82, 2.24) is 4.98 Å². The van der Waals surface area contributed by atoms with E-state index in [2.05, 4.69) is 4.98 Å². The average molecular weight is 469 g/mol. The highest BCUT2D eigenvalue weighted by molar-refractivity contribution is 6.31. The van der Waals surface area contributed by atoms with Gasteiger partial charge in [-0.3, -0.25) is 10.4 Å². The number of halogens is 1. The largest absolute Gasteiger partial charge is 0.394 e. The highest BCUT2D eigenvalue weighted by Crippen LogP contribution is 2.34. The number of aliphatic hydroxyl groups excluding tert-OH is 4. The lowest BCUT2D eigenvalue weighted by molar-refractivity contribution is -0.231. The number of pyridine rings is 1. The number of nitrogens with zero attached hydrogens (tertiary/aromatic N) is 1. The number of aliphatic hydroxyl groups is 4. The molecule has 2 heterocycles. The lowest BCUT2D eigenvalue weighted by Crippen LogP contribution is -2.55. The summed E-state index contributed by atoms with van der Waals surface area (Å²) in [6, 6.07) is 18.2. The molecule has 7 nitrogen and oxygen atoms in total. The van der Waals surface area contributed by atoms with Gasteiger partial charge in [0.1, 0.15) is 30.5 Å². The number of hydrogen-bond donors (Lipinski definition) is 5. The Labute approximate surface area is 196 Å². The molecule has 1 fully saturated rings. The fourth-order valence-corrected chi connectivity index (χ4v) is 4.14. The highest BCUT2D eigenvalue weighted by Gasteiger charge is 2.44. The Morgan fingerprint density at radius 1 is 0.970 bits per heavy atom. The van der Waals surface area contributed by atoms with Crippen molar-refractivity contribution in [3.8, 4) is 0 Å². The van der Waals surface area contributed by atoms with Crippen LogP contribution in [0.3, 0.4) is 0 Å².